The van der Waals surface area contributed by atoms with Crippen LogP contribution in [0.2, 0.25) is 5.02 Å². The number of anilines is 1. The Hall–Kier alpha value is -3.56. The maximum absolute atomic E-state index is 13.9. The summed E-state index contributed by atoms with van der Waals surface area (Å²) in [6.07, 6.45) is 0. The van der Waals surface area contributed by atoms with E-state index in [4.69, 9.17) is 16.3 Å². The monoisotopic (exact) mass is 557 g/mol. The van der Waals surface area contributed by atoms with Crippen molar-refractivity contribution in [2.75, 3.05) is 24.5 Å². The summed E-state index contributed by atoms with van der Waals surface area (Å²) in [4.78, 5) is 28.1. The van der Waals surface area contributed by atoms with Crippen molar-refractivity contribution < 1.29 is 22.7 Å². The molecule has 0 fully saturated rings. The maximum atomic E-state index is 13.9. The number of hydrogen-bond donors (Lipinski definition) is 1. The van der Waals surface area contributed by atoms with Crippen LogP contribution < -0.4 is 14.4 Å². The highest BCUT2D eigenvalue weighted by Crippen LogP contribution is 2.32. The number of aryl methyl sites for hydroxylation is 1. The molecule has 0 saturated heterocycles. The lowest BCUT2D eigenvalue weighted by atomic mass is 10.1. The molecular formula is C28H32ClN3O5S. The fraction of sp³-hybridized carbons (Fsp3) is 0.286. The molecule has 1 atom stereocenters. The van der Waals surface area contributed by atoms with Crippen LogP contribution in [0.5, 0.6) is 5.75 Å². The summed E-state index contributed by atoms with van der Waals surface area (Å²) in [5, 5.41) is 2.94. The molecule has 0 bridgehead atoms. The van der Waals surface area contributed by atoms with E-state index in [2.05, 4.69) is 5.32 Å². The van der Waals surface area contributed by atoms with E-state index in [1.807, 2.05) is 31.2 Å². The first kappa shape index (κ1) is 29.0. The lowest BCUT2D eigenvalue weighted by Gasteiger charge is -2.32. The molecule has 38 heavy (non-hydrogen) atoms. The van der Waals surface area contributed by atoms with Gasteiger partial charge in [-0.1, -0.05) is 54.1 Å². The van der Waals surface area contributed by atoms with E-state index < -0.39 is 28.5 Å². The number of carbonyl (C=O) groups excluding carboxylic acids is 2. The standard InChI is InChI=1S/C28H32ClN3O5S/c1-5-30-28(34)21(3)31(18-22-12-10-9-11-20(22)2)27(33)19-32(23-15-16-26(37-4)25(29)17-23)38(35,36)24-13-7-6-8-14-24/h6-17,21H,5,18-19H2,1-4H3,(H,30,34)/t21-/m1/s1. The van der Waals surface area contributed by atoms with Crippen LogP contribution in [0.25, 0.3) is 0 Å². The van der Waals surface area contributed by atoms with E-state index in [1.165, 1.54) is 42.3 Å². The first-order valence-electron chi connectivity index (χ1n) is 12.1. The predicted molar refractivity (Wildman–Crippen MR) is 149 cm³/mol. The van der Waals surface area contributed by atoms with Gasteiger partial charge in [0, 0.05) is 13.1 Å². The van der Waals surface area contributed by atoms with Crippen LogP contribution in [0, 0.1) is 6.92 Å². The van der Waals surface area contributed by atoms with Crippen molar-refractivity contribution in [3.63, 3.8) is 0 Å². The minimum Gasteiger partial charge on any atom is -0.495 e. The zero-order valence-corrected chi connectivity index (χ0v) is 23.4. The highest BCUT2D eigenvalue weighted by atomic mass is 35.5. The number of benzene rings is 3. The van der Waals surface area contributed by atoms with Crippen molar-refractivity contribution >= 4 is 39.1 Å². The summed E-state index contributed by atoms with van der Waals surface area (Å²) in [7, 11) is -2.72. The molecule has 2 amide bonds. The fourth-order valence-electron chi connectivity index (χ4n) is 3.93. The second-order valence-electron chi connectivity index (χ2n) is 8.66. The van der Waals surface area contributed by atoms with Gasteiger partial charge in [-0.3, -0.25) is 13.9 Å². The van der Waals surface area contributed by atoms with Crippen LogP contribution >= 0.6 is 11.6 Å². The molecular weight excluding hydrogens is 526 g/mol. The van der Waals surface area contributed by atoms with Crippen LogP contribution in [-0.2, 0) is 26.2 Å². The van der Waals surface area contributed by atoms with Crippen molar-refractivity contribution in [2.45, 2.75) is 38.3 Å². The van der Waals surface area contributed by atoms with E-state index >= 15 is 0 Å². The Bertz CT molecular complexity index is 1380. The summed E-state index contributed by atoms with van der Waals surface area (Å²) < 4.78 is 33.8. The normalized spacial score (nSPS) is 11.9. The molecule has 8 nitrogen and oxygen atoms in total. The number of likely N-dealkylation sites (N-methyl/N-ethyl adjacent to an activating group) is 1. The summed E-state index contributed by atoms with van der Waals surface area (Å²) in [5.74, 6) is -0.511. The van der Waals surface area contributed by atoms with E-state index in [1.54, 1.807) is 32.0 Å². The Morgan fingerprint density at radius 1 is 1.03 bits per heavy atom. The Kier molecular flexibility index (Phi) is 9.77. The molecule has 0 heterocycles. The number of methoxy groups -OCH3 is 1. The Labute approximate surface area is 229 Å². The van der Waals surface area contributed by atoms with Crippen LogP contribution in [-0.4, -0.2) is 51.4 Å². The number of nitrogens with zero attached hydrogens (tertiary/aromatic N) is 2. The highest BCUT2D eigenvalue weighted by molar-refractivity contribution is 7.92. The lowest BCUT2D eigenvalue weighted by Crippen LogP contribution is -2.51. The molecule has 10 heteroatoms. The Morgan fingerprint density at radius 2 is 1.68 bits per heavy atom. The van der Waals surface area contributed by atoms with Gasteiger partial charge in [0.1, 0.15) is 18.3 Å². The third-order valence-corrected chi connectivity index (χ3v) is 8.24. The van der Waals surface area contributed by atoms with E-state index in [9.17, 15) is 18.0 Å². The molecule has 0 aliphatic carbocycles. The highest BCUT2D eigenvalue weighted by Gasteiger charge is 2.32. The van der Waals surface area contributed by atoms with E-state index in [0.29, 0.717) is 12.3 Å². The molecule has 0 aromatic heterocycles. The second-order valence-corrected chi connectivity index (χ2v) is 10.9. The van der Waals surface area contributed by atoms with E-state index in [0.717, 1.165) is 15.4 Å². The quantitative estimate of drug-likeness (QED) is 0.377. The number of nitrogens with one attached hydrogen (secondary N) is 1. The predicted octanol–water partition coefficient (Wildman–Crippen LogP) is 4.41. The summed E-state index contributed by atoms with van der Waals surface area (Å²) >= 11 is 6.33. The minimum atomic E-state index is -4.17. The molecule has 3 rings (SSSR count). The van der Waals surface area contributed by atoms with Crippen molar-refractivity contribution in [3.05, 3.63) is 88.9 Å². The number of ether oxygens (including phenoxy) is 1. The van der Waals surface area contributed by atoms with Crippen molar-refractivity contribution in [2.24, 2.45) is 0 Å². The number of halogens is 1. The number of amides is 2. The zero-order chi connectivity index (χ0) is 27.9. The Morgan fingerprint density at radius 3 is 2.29 bits per heavy atom. The smallest absolute Gasteiger partial charge is 0.264 e. The molecule has 202 valence electrons. The van der Waals surface area contributed by atoms with Crippen LogP contribution in [0.1, 0.15) is 25.0 Å². The van der Waals surface area contributed by atoms with Crippen molar-refractivity contribution in [3.8, 4) is 5.75 Å². The van der Waals surface area contributed by atoms with Crippen LogP contribution in [0.4, 0.5) is 5.69 Å². The molecule has 0 spiro atoms. The van der Waals surface area contributed by atoms with Gasteiger partial charge in [-0.05, 0) is 62.2 Å². The average molecular weight is 558 g/mol. The van der Waals surface area contributed by atoms with Gasteiger partial charge in [0.2, 0.25) is 11.8 Å². The first-order valence-corrected chi connectivity index (χ1v) is 13.9. The number of carbonyl (C=O) groups is 2. The molecule has 3 aromatic carbocycles. The van der Waals surface area contributed by atoms with Gasteiger partial charge in [-0.15, -0.1) is 0 Å². The third kappa shape index (κ3) is 6.65. The molecule has 0 unspecified atom stereocenters. The minimum absolute atomic E-state index is 0.0157. The number of sulfonamides is 1. The number of rotatable bonds is 11. The molecule has 1 N–H and O–H groups in total. The lowest BCUT2D eigenvalue weighted by molar-refractivity contribution is -0.139. The largest absolute Gasteiger partial charge is 0.495 e. The summed E-state index contributed by atoms with van der Waals surface area (Å²) in [6, 6.07) is 19.0. The van der Waals surface area contributed by atoms with Crippen LogP contribution in [0.15, 0.2) is 77.7 Å². The average Bonchev–Trinajstić information content (AvgIpc) is 2.91. The fourth-order valence-corrected chi connectivity index (χ4v) is 5.61. The number of hydrogen-bond acceptors (Lipinski definition) is 5. The Balaban J connectivity index is 2.06. The SMILES string of the molecule is CCNC(=O)[C@@H](C)N(Cc1ccccc1C)C(=O)CN(c1ccc(OC)c(Cl)c1)S(=O)(=O)c1ccccc1. The summed E-state index contributed by atoms with van der Waals surface area (Å²) in [5.41, 5.74) is 1.99. The zero-order valence-electron chi connectivity index (χ0n) is 21.8. The molecule has 3 aromatic rings. The maximum Gasteiger partial charge on any atom is 0.264 e. The molecule has 0 radical (unpaired) electrons. The van der Waals surface area contributed by atoms with Gasteiger partial charge in [-0.25, -0.2) is 8.42 Å². The van der Waals surface area contributed by atoms with Crippen molar-refractivity contribution in [1.29, 1.82) is 0 Å². The van der Waals surface area contributed by atoms with Gasteiger partial charge in [0.15, 0.2) is 0 Å². The third-order valence-electron chi connectivity index (χ3n) is 6.15. The van der Waals surface area contributed by atoms with Gasteiger partial charge in [0.25, 0.3) is 10.0 Å². The molecule has 0 saturated carbocycles. The van der Waals surface area contributed by atoms with Crippen LogP contribution in [0.3, 0.4) is 0 Å². The second kappa shape index (κ2) is 12.8. The summed E-state index contributed by atoms with van der Waals surface area (Å²) in [6.45, 7) is 5.32. The van der Waals surface area contributed by atoms with Gasteiger partial charge < -0.3 is 15.0 Å². The molecule has 0 aliphatic rings. The van der Waals surface area contributed by atoms with Gasteiger partial charge in [0.05, 0.1) is 22.7 Å². The van der Waals surface area contributed by atoms with Gasteiger partial charge in [-0.2, -0.15) is 0 Å². The molecule has 0 aliphatic heterocycles. The first-order chi connectivity index (χ1) is 18.1. The van der Waals surface area contributed by atoms with Crippen molar-refractivity contribution in [1.82, 2.24) is 10.2 Å². The van der Waals surface area contributed by atoms with Gasteiger partial charge >= 0.3 is 0 Å². The van der Waals surface area contributed by atoms with E-state index in [-0.39, 0.29) is 28.1 Å². The topological polar surface area (TPSA) is 96.0 Å².